The number of rotatable bonds is 3. The average Bonchev–Trinajstić information content (AvgIpc) is 1.62. The number of hydrogen-bond acceptors (Lipinski definition) is 8. The number of aromatic nitrogens is 6. The SMILES string of the molecule is Clc1nc(-c2ccccc2)c2sc3ccccc3c2n1.[2H]C.[2H]C.[2H][2H].[2H][2H].[2H][2H].[2H][2H].c1ccc(-c2nc(-n3c4ccccc4c4c5sc6ccccc6c5ccc43)nc3c2sc2ccccc23)cc1.c1ccc2c(c1)[nH]c1ccc3c4ccccc4sc3c12. The lowest BCUT2D eigenvalue weighted by molar-refractivity contribution is 1.02. The molecule has 8 aromatic heterocycles. The number of nitrogens with zero attached hydrogens (tertiary/aromatic N) is 5. The molecule has 18 aromatic rings. The van der Waals surface area contributed by atoms with Crippen LogP contribution in [0.15, 0.2) is 231 Å². The summed E-state index contributed by atoms with van der Waals surface area (Å²) >= 11 is 13.3. The van der Waals surface area contributed by atoms with Crippen molar-refractivity contribution in [2.75, 3.05) is 0 Å². The zero-order valence-electron chi connectivity index (χ0n) is 53.7. The first kappa shape index (κ1) is 43.9. The van der Waals surface area contributed by atoms with Crippen molar-refractivity contribution in [1.82, 2.24) is 29.5 Å². The largest absolute Gasteiger partial charge is 0.354 e. The van der Waals surface area contributed by atoms with Gasteiger partial charge in [-0.25, -0.2) is 19.9 Å². The van der Waals surface area contributed by atoms with Crippen LogP contribution >= 0.6 is 56.9 Å². The van der Waals surface area contributed by atoms with Crippen LogP contribution in [-0.2, 0) is 0 Å². The number of fused-ring (bicyclic) bond motifs is 20. The second-order valence-corrected chi connectivity index (χ2v) is 24.0. The Hall–Kier alpha value is -8.87. The number of hydrogen-bond donors (Lipinski definition) is 1. The fourth-order valence-corrected chi connectivity index (χ4v) is 16.4. The van der Waals surface area contributed by atoms with Crippen LogP contribution in [0.1, 0.15) is 29.4 Å². The Morgan fingerprint density at radius 2 is 0.815 bits per heavy atom. The van der Waals surface area contributed by atoms with Crippen LogP contribution in [0.3, 0.4) is 0 Å². The van der Waals surface area contributed by atoms with Crippen LogP contribution in [0, 0.1) is 0 Å². The number of aromatic amines is 1. The van der Waals surface area contributed by atoms with Crippen molar-refractivity contribution in [2.24, 2.45) is 0 Å². The Bertz CT molecular complexity index is 5470. The highest BCUT2D eigenvalue weighted by molar-refractivity contribution is 7.28. The van der Waals surface area contributed by atoms with E-state index in [-0.39, 0.29) is 0 Å². The molecule has 0 fully saturated rings. The third-order valence-electron chi connectivity index (χ3n) is 14.9. The molecule has 11 heteroatoms. The molecular formula is C70H55ClN6S4. The number of halogens is 1. The highest BCUT2D eigenvalue weighted by Crippen LogP contribution is 2.46. The van der Waals surface area contributed by atoms with Gasteiger partial charge in [0.1, 0.15) is 0 Å². The summed E-state index contributed by atoms with van der Waals surface area (Å²) < 4.78 is 63.8. The molecule has 0 aliphatic carbocycles. The van der Waals surface area contributed by atoms with E-state index in [0.29, 0.717) is 11.2 Å². The lowest BCUT2D eigenvalue weighted by Gasteiger charge is -2.10. The van der Waals surface area contributed by atoms with Crippen LogP contribution in [0.4, 0.5) is 0 Å². The second-order valence-electron chi connectivity index (χ2n) is 19.4. The van der Waals surface area contributed by atoms with Gasteiger partial charge < -0.3 is 4.98 Å². The van der Waals surface area contributed by atoms with Gasteiger partial charge in [0, 0.05) is 119 Å². The summed E-state index contributed by atoms with van der Waals surface area (Å²) in [6.45, 7) is 0. The van der Waals surface area contributed by atoms with Crippen LogP contribution in [0.5, 0.6) is 0 Å². The van der Waals surface area contributed by atoms with Crippen molar-refractivity contribution in [3.8, 4) is 28.5 Å². The molecule has 1 N–H and O–H groups in total. The van der Waals surface area contributed by atoms with E-state index >= 15 is 0 Å². The first-order chi connectivity index (χ1) is 45.1. The van der Waals surface area contributed by atoms with Crippen molar-refractivity contribution >= 4 is 182 Å². The Morgan fingerprint density at radius 1 is 0.370 bits per heavy atom. The van der Waals surface area contributed by atoms with Crippen LogP contribution in [-0.4, -0.2) is 29.5 Å². The molecule has 396 valence electrons. The van der Waals surface area contributed by atoms with Crippen LogP contribution in [0.2, 0.25) is 5.28 Å². The zero-order chi connectivity index (χ0) is 64.1. The lowest BCUT2D eigenvalue weighted by Crippen LogP contribution is -2.02. The van der Waals surface area contributed by atoms with E-state index in [1.165, 1.54) is 103 Å². The minimum atomic E-state index is 0.292. The molecule has 0 spiro atoms. The Kier molecular flexibility index (Phi) is 11.0. The van der Waals surface area contributed by atoms with E-state index in [1.807, 2.05) is 65.1 Å². The summed E-state index contributed by atoms with van der Waals surface area (Å²) in [6.07, 6.45) is 0. The highest BCUT2D eigenvalue weighted by Gasteiger charge is 2.22. The van der Waals surface area contributed by atoms with Gasteiger partial charge in [0.15, 0.2) is 0 Å². The summed E-state index contributed by atoms with van der Waals surface area (Å²) in [7, 11) is 2.50. The summed E-state index contributed by atoms with van der Waals surface area (Å²) in [5.74, 6) is 0.705. The maximum atomic E-state index is 6.11. The zero-order valence-corrected chi connectivity index (χ0v) is 47.7. The quantitative estimate of drug-likeness (QED) is 0.179. The maximum absolute atomic E-state index is 6.11. The van der Waals surface area contributed by atoms with E-state index < -0.39 is 0 Å². The van der Waals surface area contributed by atoms with Crippen molar-refractivity contribution in [3.05, 3.63) is 236 Å². The molecule has 0 aliphatic heterocycles. The monoisotopic (exact) mass is 1150 g/mol. The van der Waals surface area contributed by atoms with Gasteiger partial charge in [0.05, 0.1) is 42.9 Å². The first-order valence-electron chi connectivity index (χ1n) is 31.9. The Labute approximate surface area is 501 Å². The topological polar surface area (TPSA) is 72.3 Å². The predicted molar refractivity (Wildman–Crippen MR) is 364 cm³/mol. The summed E-state index contributed by atoms with van der Waals surface area (Å²) in [4.78, 5) is 22.9. The standard InChI is InChI=1S/C34H19N3S2.C18H11NS.C16H9ClN2S.2CH4.4H2/c1-2-10-20(11-3-1)30-33-31(24-14-6-9-17-28(24)39-33)36-34(35-30)37-25-15-7-4-13-23(25)29-26(37)19-18-22-21-12-5-8-16-27(21)38-32(22)29;1-3-7-14-13(6-1)17-15(19-14)10-9-12-11-5-2-4-8-16(11)20-18(12)17;17-16-18-13(10-6-2-1-3-7-10)15-14(19-16)11-8-4-5-9-12(11)20-15;;;;;;/h1-19H;1-10,19H;1-9H;2*1H4;4*1H/i;;;2*1D;4*1+1D. The fraction of sp³-hybridized carbons (Fsp3) is 0.0286. The Balaban J connectivity index is 0.000000148. The number of benzene rings is 10. The maximum Gasteiger partial charge on any atom is 0.235 e. The molecule has 10 aromatic carbocycles. The van der Waals surface area contributed by atoms with Gasteiger partial charge in [-0.05, 0) is 60.1 Å². The predicted octanol–water partition coefficient (Wildman–Crippen LogP) is 23.1. The summed E-state index contributed by atoms with van der Waals surface area (Å²) in [6, 6.07) is 80.9. The highest BCUT2D eigenvalue weighted by atomic mass is 35.5. The molecule has 6 nitrogen and oxygen atoms in total. The average molecular weight is 1150 g/mol. The molecule has 0 aliphatic rings. The van der Waals surface area contributed by atoms with Gasteiger partial charge in [-0.3, -0.25) is 4.57 Å². The van der Waals surface area contributed by atoms with Crippen molar-refractivity contribution in [2.45, 2.75) is 14.8 Å². The van der Waals surface area contributed by atoms with E-state index in [4.69, 9.17) is 36.2 Å². The van der Waals surface area contributed by atoms with Crippen molar-refractivity contribution in [1.29, 1.82) is 0 Å². The van der Waals surface area contributed by atoms with Gasteiger partial charge >= 0.3 is 0 Å². The van der Waals surface area contributed by atoms with Crippen LogP contribution < -0.4 is 0 Å². The van der Waals surface area contributed by atoms with Gasteiger partial charge in [0.25, 0.3) is 0 Å². The number of thiophene rings is 4. The minimum Gasteiger partial charge on any atom is -0.354 e. The summed E-state index contributed by atoms with van der Waals surface area (Å²) in [5.41, 5.74) is 10.7. The second kappa shape index (κ2) is 20.3. The fourth-order valence-electron chi connectivity index (χ4n) is 11.4. The molecule has 0 bridgehead atoms. The van der Waals surface area contributed by atoms with E-state index in [1.54, 1.807) is 22.7 Å². The molecule has 18 rings (SSSR count). The minimum absolute atomic E-state index is 0.292. The third kappa shape index (κ3) is 8.24. The van der Waals surface area contributed by atoms with Crippen molar-refractivity contribution in [3.63, 3.8) is 0 Å². The molecule has 0 saturated heterocycles. The molecule has 0 atom stereocenters. The van der Waals surface area contributed by atoms with Gasteiger partial charge in [-0.1, -0.05) is 197 Å². The smallest absolute Gasteiger partial charge is 0.235 e. The number of H-pyrrole nitrogens is 1. The van der Waals surface area contributed by atoms with Crippen molar-refractivity contribution < 1.29 is 14.6 Å². The number of para-hydroxylation sites is 2. The van der Waals surface area contributed by atoms with Gasteiger partial charge in [0.2, 0.25) is 11.2 Å². The van der Waals surface area contributed by atoms with Gasteiger partial charge in [-0.15, -0.1) is 45.3 Å². The lowest BCUT2D eigenvalue weighted by atomic mass is 10.1. The molecule has 8 heterocycles. The normalized spacial score (nSPS) is 12.1. The summed E-state index contributed by atoms with van der Waals surface area (Å²) in [5, 5.41) is 13.1. The molecule has 0 radical (unpaired) electrons. The third-order valence-corrected chi connectivity index (χ3v) is 19.8. The van der Waals surface area contributed by atoms with E-state index in [2.05, 4.69) is 208 Å². The molecule has 81 heavy (non-hydrogen) atoms. The first-order valence-corrected chi connectivity index (χ1v) is 29.5. The van der Waals surface area contributed by atoms with Gasteiger partial charge in [-0.2, -0.15) is 0 Å². The number of nitrogens with one attached hydrogen (secondary N) is 1. The van der Waals surface area contributed by atoms with Crippen LogP contribution in [0.25, 0.3) is 153 Å². The molecule has 0 amide bonds. The van der Waals surface area contributed by atoms with E-state index in [9.17, 15) is 0 Å². The molecule has 0 saturated carbocycles. The molecule has 0 unspecified atom stereocenters. The van der Waals surface area contributed by atoms with E-state index in [0.717, 1.165) is 59.4 Å². The Morgan fingerprint density at radius 3 is 1.42 bits per heavy atom. The molecular weight excluding hydrogens is 1090 g/mol.